The Balaban J connectivity index is 4.00. The molecule has 0 aliphatic heterocycles. The topological polar surface area (TPSA) is 123 Å². The third-order valence-electron chi connectivity index (χ3n) is 7.59. The lowest BCUT2D eigenvalue weighted by Gasteiger charge is -2.17. The maximum absolute atomic E-state index is 12.2. The van der Waals surface area contributed by atoms with Gasteiger partial charge in [-0.15, -0.1) is 0 Å². The molecule has 0 amide bonds. The van der Waals surface area contributed by atoms with Crippen LogP contribution < -0.4 is 0 Å². The number of hydrogen-bond donors (Lipinski definition) is 3. The lowest BCUT2D eigenvalue weighted by Crippen LogP contribution is -2.25. The summed E-state index contributed by atoms with van der Waals surface area (Å²) in [6.07, 6.45) is 37.9. The van der Waals surface area contributed by atoms with Gasteiger partial charge in [0.15, 0.2) is 6.10 Å². The number of hydrogen-bond acceptors (Lipinski definition) is 6. The van der Waals surface area contributed by atoms with Crippen molar-refractivity contribution in [2.75, 3.05) is 13.2 Å². The van der Waals surface area contributed by atoms with E-state index in [1.807, 2.05) is 24.3 Å². The van der Waals surface area contributed by atoms with Crippen LogP contribution in [0.4, 0.5) is 0 Å². The molecule has 0 aromatic heterocycles. The van der Waals surface area contributed by atoms with Crippen molar-refractivity contribution < 1.29 is 38.3 Å². The highest BCUT2D eigenvalue weighted by Gasteiger charge is 2.20. The summed E-state index contributed by atoms with van der Waals surface area (Å²) >= 11 is 0. The van der Waals surface area contributed by atoms with Crippen molar-refractivity contribution in [3.05, 3.63) is 48.8 Å². The van der Waals surface area contributed by atoms with Gasteiger partial charge in [-0.2, -0.15) is 0 Å². The number of carbonyl (C=O) groups is 1. The number of phosphoric ester groups is 1. The molecular formula is C37H67O8P. The average molecular weight is 671 g/mol. The van der Waals surface area contributed by atoms with Crippen molar-refractivity contribution >= 4 is 13.8 Å². The lowest BCUT2D eigenvalue weighted by atomic mass is 10.0. The summed E-state index contributed by atoms with van der Waals surface area (Å²) in [5, 5.41) is 10.1. The van der Waals surface area contributed by atoms with Crippen molar-refractivity contribution in [2.24, 2.45) is 0 Å². The molecule has 0 saturated heterocycles. The number of phosphoric acid groups is 1. The lowest BCUT2D eigenvalue weighted by molar-refractivity contribution is -0.147. The van der Waals surface area contributed by atoms with E-state index in [0.717, 1.165) is 57.8 Å². The quantitative estimate of drug-likeness (QED) is 0.0157. The van der Waals surface area contributed by atoms with Crippen molar-refractivity contribution in [3.63, 3.8) is 0 Å². The molecule has 0 fully saturated rings. The smallest absolute Gasteiger partial charge is 0.469 e. The van der Waals surface area contributed by atoms with Crippen LogP contribution in [0.15, 0.2) is 48.8 Å². The van der Waals surface area contributed by atoms with Crippen LogP contribution in [0.25, 0.3) is 0 Å². The molecule has 8 nitrogen and oxygen atoms in total. The van der Waals surface area contributed by atoms with Gasteiger partial charge in [0.25, 0.3) is 0 Å². The highest BCUT2D eigenvalue weighted by molar-refractivity contribution is 7.46. The zero-order chi connectivity index (χ0) is 34.0. The van der Waals surface area contributed by atoms with Gasteiger partial charge in [0.1, 0.15) is 6.61 Å². The Kier molecular flexibility index (Phi) is 32.0. The van der Waals surface area contributed by atoms with Crippen molar-refractivity contribution in [1.29, 1.82) is 0 Å². The van der Waals surface area contributed by atoms with E-state index in [1.165, 1.54) is 70.5 Å². The van der Waals surface area contributed by atoms with E-state index in [-0.39, 0.29) is 25.6 Å². The fourth-order valence-electron chi connectivity index (χ4n) is 4.84. The molecule has 0 heterocycles. The molecule has 0 rings (SSSR count). The Hall–Kier alpha value is -1.70. The summed E-state index contributed by atoms with van der Waals surface area (Å²) in [7, 11) is -4.66. The number of rotatable bonds is 33. The van der Waals surface area contributed by atoms with Crippen LogP contribution in [0.5, 0.6) is 0 Å². The molecule has 3 N–H and O–H groups in total. The van der Waals surface area contributed by atoms with Gasteiger partial charge in [0.05, 0.1) is 19.0 Å². The second-order valence-electron chi connectivity index (χ2n) is 12.1. The maximum Gasteiger partial charge on any atom is 0.469 e. The molecular weight excluding hydrogens is 603 g/mol. The number of esters is 1. The monoisotopic (exact) mass is 670 g/mol. The van der Waals surface area contributed by atoms with E-state index in [0.29, 0.717) is 12.8 Å². The predicted molar refractivity (Wildman–Crippen MR) is 189 cm³/mol. The van der Waals surface area contributed by atoms with E-state index >= 15 is 0 Å². The predicted octanol–water partition coefficient (Wildman–Crippen LogP) is 10.2. The van der Waals surface area contributed by atoms with E-state index < -0.39 is 20.0 Å². The third kappa shape index (κ3) is 35.2. The van der Waals surface area contributed by atoms with Crippen LogP contribution >= 0.6 is 7.82 Å². The van der Waals surface area contributed by atoms with Gasteiger partial charge in [0.2, 0.25) is 0 Å². The molecule has 0 radical (unpaired) electrons. The molecule has 2 atom stereocenters. The molecule has 0 aromatic carbocycles. The van der Waals surface area contributed by atoms with E-state index in [4.69, 9.17) is 19.3 Å². The van der Waals surface area contributed by atoms with Crippen LogP contribution in [-0.4, -0.2) is 46.3 Å². The third-order valence-corrected chi connectivity index (χ3v) is 8.07. The first kappa shape index (κ1) is 44.3. The van der Waals surface area contributed by atoms with E-state index in [9.17, 15) is 14.5 Å². The molecule has 0 saturated carbocycles. The number of ether oxygens (including phenoxy) is 2. The first-order valence-electron chi connectivity index (χ1n) is 18.1. The van der Waals surface area contributed by atoms with E-state index in [1.54, 1.807) is 0 Å². The Bertz CT molecular complexity index is 848. The summed E-state index contributed by atoms with van der Waals surface area (Å²) in [4.78, 5) is 30.3. The minimum absolute atomic E-state index is 0.141. The van der Waals surface area contributed by atoms with Crippen molar-refractivity contribution in [2.45, 2.75) is 167 Å². The zero-order valence-corrected chi connectivity index (χ0v) is 30.0. The summed E-state index contributed by atoms with van der Waals surface area (Å²) in [6, 6.07) is 0. The summed E-state index contributed by atoms with van der Waals surface area (Å²) in [6.45, 7) is 3.83. The zero-order valence-electron chi connectivity index (χ0n) is 29.1. The molecule has 0 bridgehead atoms. The summed E-state index contributed by atoms with van der Waals surface area (Å²) in [5.41, 5.74) is 0. The van der Waals surface area contributed by atoms with E-state index in [2.05, 4.69) is 36.6 Å². The van der Waals surface area contributed by atoms with Gasteiger partial charge in [-0.1, -0.05) is 147 Å². The number of aliphatic hydroxyl groups is 1. The first-order chi connectivity index (χ1) is 22.3. The molecule has 268 valence electrons. The number of aliphatic hydroxyl groups excluding tert-OH is 1. The second-order valence-corrected chi connectivity index (χ2v) is 13.3. The minimum atomic E-state index is -4.66. The van der Waals surface area contributed by atoms with Crippen molar-refractivity contribution in [3.8, 4) is 0 Å². The largest absolute Gasteiger partial charge is 0.492 e. The minimum Gasteiger partial charge on any atom is -0.492 e. The van der Waals surface area contributed by atoms with Gasteiger partial charge >= 0.3 is 13.8 Å². The van der Waals surface area contributed by atoms with Crippen LogP contribution in [-0.2, 0) is 23.4 Å². The van der Waals surface area contributed by atoms with Crippen LogP contribution in [0, 0.1) is 0 Å². The number of allylic oxidation sites excluding steroid dienone is 6. The maximum atomic E-state index is 12.2. The summed E-state index contributed by atoms with van der Waals surface area (Å²) < 4.78 is 26.6. The molecule has 1 unspecified atom stereocenters. The first-order valence-corrected chi connectivity index (χ1v) is 19.6. The highest BCUT2D eigenvalue weighted by Crippen LogP contribution is 2.35. The van der Waals surface area contributed by atoms with Gasteiger partial charge < -0.3 is 24.4 Å². The molecule has 0 aliphatic carbocycles. The molecule has 0 aliphatic rings. The number of unbranched alkanes of at least 4 members (excludes halogenated alkanes) is 16. The Morgan fingerprint density at radius 1 is 0.717 bits per heavy atom. The Morgan fingerprint density at radius 3 is 1.96 bits per heavy atom. The fourth-order valence-corrected chi connectivity index (χ4v) is 5.20. The SMILES string of the molecule is CC/C=C/C/C=C/C=C/C(O)CCCCCCCC(=O)OC[C@H](COP(=O)(O)O)O/C=C/CCCCCCCCCCCCCC. The van der Waals surface area contributed by atoms with Gasteiger partial charge in [0, 0.05) is 6.42 Å². The molecule has 46 heavy (non-hydrogen) atoms. The average Bonchev–Trinajstić information content (AvgIpc) is 3.02. The van der Waals surface area contributed by atoms with Gasteiger partial charge in [-0.05, 0) is 44.6 Å². The Morgan fingerprint density at radius 2 is 1.33 bits per heavy atom. The summed E-state index contributed by atoms with van der Waals surface area (Å²) in [5.74, 6) is -0.371. The van der Waals surface area contributed by atoms with Crippen LogP contribution in [0.3, 0.4) is 0 Å². The van der Waals surface area contributed by atoms with Gasteiger partial charge in [-0.3, -0.25) is 9.32 Å². The molecule has 0 aromatic rings. The normalized spacial score (nSPS) is 13.8. The Labute approximate surface area is 281 Å². The standard InChI is InChI=1S/C37H67O8P/c1-3-5-7-9-11-12-13-14-15-16-17-19-24-28-32-43-36(34-45-46(40,41)42)33-44-37(39)31-27-23-20-22-26-30-35(38)29-25-21-18-10-8-6-4-2/h6,8,18,21,25,28-29,32,35-36,38H,3-5,7,9-17,19-20,22-24,26-27,30-31,33-34H2,1-2H3,(H2,40,41,42)/b8-6+,21-18+,29-25+,32-28+/t35?,36-/m1/s1. The second kappa shape index (κ2) is 33.2. The van der Waals surface area contributed by atoms with Crippen LogP contribution in [0.2, 0.25) is 0 Å². The highest BCUT2D eigenvalue weighted by atomic mass is 31.2. The molecule has 9 heteroatoms. The molecule has 0 spiro atoms. The van der Waals surface area contributed by atoms with Crippen molar-refractivity contribution in [1.82, 2.24) is 0 Å². The fraction of sp³-hybridized carbons (Fsp3) is 0.757. The van der Waals surface area contributed by atoms with Gasteiger partial charge in [-0.25, -0.2) is 4.57 Å². The van der Waals surface area contributed by atoms with Crippen LogP contribution in [0.1, 0.15) is 155 Å². The number of carbonyl (C=O) groups excluding carboxylic acids is 1.